The van der Waals surface area contributed by atoms with E-state index in [4.69, 9.17) is 14.2 Å². The molecule has 2 aromatic rings. The van der Waals surface area contributed by atoms with Crippen molar-refractivity contribution in [2.24, 2.45) is 0 Å². The monoisotopic (exact) mass is 356 g/mol. The van der Waals surface area contributed by atoms with E-state index in [2.05, 4.69) is 10.9 Å². The second-order valence-corrected chi connectivity index (χ2v) is 5.09. The number of methoxy groups -OCH3 is 3. The van der Waals surface area contributed by atoms with Crippen molar-refractivity contribution < 1.29 is 23.8 Å². The van der Waals surface area contributed by atoms with Crippen molar-refractivity contribution in [1.29, 1.82) is 0 Å². The highest BCUT2D eigenvalue weighted by molar-refractivity contribution is 5.98. The Labute approximate surface area is 151 Å². The number of hydrogen-bond donors (Lipinski definition) is 2. The first-order valence-corrected chi connectivity index (χ1v) is 7.72. The predicted molar refractivity (Wildman–Crippen MR) is 97.2 cm³/mol. The molecule has 0 aromatic heterocycles. The number of carbonyl (C=O) groups excluding carboxylic acids is 2. The van der Waals surface area contributed by atoms with Crippen LogP contribution in [0.2, 0.25) is 0 Å². The number of hydrogen-bond acceptors (Lipinski definition) is 5. The van der Waals surface area contributed by atoms with Crippen molar-refractivity contribution in [1.82, 2.24) is 10.9 Å². The van der Waals surface area contributed by atoms with E-state index >= 15 is 0 Å². The van der Waals surface area contributed by atoms with Crippen molar-refractivity contribution in [2.75, 3.05) is 21.3 Å². The largest absolute Gasteiger partial charge is 0.496 e. The lowest BCUT2D eigenvalue weighted by atomic mass is 10.2. The maximum Gasteiger partial charge on any atom is 0.269 e. The zero-order valence-corrected chi connectivity index (χ0v) is 14.7. The molecule has 2 amide bonds. The van der Waals surface area contributed by atoms with Gasteiger partial charge in [0.25, 0.3) is 11.8 Å². The zero-order valence-electron chi connectivity index (χ0n) is 14.7. The lowest BCUT2D eigenvalue weighted by molar-refractivity contribution is -0.117. The number of nitrogens with one attached hydrogen (secondary N) is 2. The second kappa shape index (κ2) is 9.12. The Balaban J connectivity index is 1.96. The molecule has 0 spiro atoms. The van der Waals surface area contributed by atoms with E-state index in [-0.39, 0.29) is 0 Å². The Morgan fingerprint density at radius 3 is 2.23 bits per heavy atom. The van der Waals surface area contributed by atoms with Gasteiger partial charge in [-0.05, 0) is 30.3 Å². The lowest BCUT2D eigenvalue weighted by Gasteiger charge is -2.10. The van der Waals surface area contributed by atoms with E-state index in [1.54, 1.807) is 31.4 Å². The summed E-state index contributed by atoms with van der Waals surface area (Å²) in [7, 11) is 4.53. The van der Waals surface area contributed by atoms with E-state index < -0.39 is 11.8 Å². The van der Waals surface area contributed by atoms with Crippen LogP contribution < -0.4 is 25.1 Å². The van der Waals surface area contributed by atoms with Crippen LogP contribution in [0.1, 0.15) is 15.9 Å². The first-order chi connectivity index (χ1) is 12.6. The summed E-state index contributed by atoms with van der Waals surface area (Å²) in [5, 5.41) is 0. The summed E-state index contributed by atoms with van der Waals surface area (Å²) in [6, 6.07) is 12.0. The number of amides is 2. The van der Waals surface area contributed by atoms with Gasteiger partial charge < -0.3 is 14.2 Å². The summed E-state index contributed by atoms with van der Waals surface area (Å²) in [4.78, 5) is 24.0. The van der Waals surface area contributed by atoms with Gasteiger partial charge in [-0.1, -0.05) is 18.2 Å². The molecule has 0 saturated carbocycles. The summed E-state index contributed by atoms with van der Waals surface area (Å²) in [5.41, 5.74) is 5.71. The molecule has 2 aromatic carbocycles. The van der Waals surface area contributed by atoms with Crippen LogP contribution in [0, 0.1) is 0 Å². The van der Waals surface area contributed by atoms with Crippen LogP contribution in [0.3, 0.4) is 0 Å². The number of ether oxygens (including phenoxy) is 3. The maximum atomic E-state index is 12.1. The molecule has 0 aliphatic carbocycles. The van der Waals surface area contributed by atoms with Gasteiger partial charge in [-0.2, -0.15) is 0 Å². The second-order valence-electron chi connectivity index (χ2n) is 5.09. The van der Waals surface area contributed by atoms with Crippen LogP contribution in [0.15, 0.2) is 48.5 Å². The van der Waals surface area contributed by atoms with Crippen LogP contribution in [-0.4, -0.2) is 33.1 Å². The molecule has 7 heteroatoms. The van der Waals surface area contributed by atoms with Crippen LogP contribution in [0.25, 0.3) is 6.08 Å². The number of hydrazine groups is 1. The summed E-state index contributed by atoms with van der Waals surface area (Å²) in [6.07, 6.45) is 2.89. The first-order valence-electron chi connectivity index (χ1n) is 7.72. The lowest BCUT2D eigenvalue weighted by Crippen LogP contribution is -2.40. The average Bonchev–Trinajstić information content (AvgIpc) is 2.69. The number of benzene rings is 2. The minimum atomic E-state index is -0.482. The number of rotatable bonds is 6. The molecular formula is C19H20N2O5. The number of para-hydroxylation sites is 1. The smallest absolute Gasteiger partial charge is 0.269 e. The van der Waals surface area contributed by atoms with Gasteiger partial charge in [0.1, 0.15) is 5.75 Å². The van der Waals surface area contributed by atoms with Gasteiger partial charge in [-0.15, -0.1) is 0 Å². The minimum absolute atomic E-state index is 0.316. The van der Waals surface area contributed by atoms with Gasteiger partial charge >= 0.3 is 0 Å². The summed E-state index contributed by atoms with van der Waals surface area (Å²) in [6.45, 7) is 0. The Morgan fingerprint density at radius 2 is 1.54 bits per heavy atom. The molecule has 26 heavy (non-hydrogen) atoms. The van der Waals surface area contributed by atoms with Crippen molar-refractivity contribution in [3.63, 3.8) is 0 Å². The van der Waals surface area contributed by atoms with Gasteiger partial charge in [-0.25, -0.2) is 0 Å². The van der Waals surface area contributed by atoms with Crippen LogP contribution in [0.4, 0.5) is 0 Å². The third kappa shape index (κ3) is 4.76. The molecule has 136 valence electrons. The van der Waals surface area contributed by atoms with Crippen molar-refractivity contribution in [2.45, 2.75) is 0 Å². The third-order valence-corrected chi connectivity index (χ3v) is 3.50. The minimum Gasteiger partial charge on any atom is -0.496 e. The van der Waals surface area contributed by atoms with Crippen LogP contribution >= 0.6 is 0 Å². The molecule has 0 heterocycles. The molecule has 0 aliphatic rings. The molecule has 0 radical (unpaired) electrons. The van der Waals surface area contributed by atoms with Gasteiger partial charge in [-0.3, -0.25) is 20.4 Å². The normalized spacial score (nSPS) is 10.3. The van der Waals surface area contributed by atoms with Crippen molar-refractivity contribution >= 4 is 17.9 Å². The molecule has 2 N–H and O–H groups in total. The Kier molecular flexibility index (Phi) is 6.61. The third-order valence-electron chi connectivity index (χ3n) is 3.50. The molecule has 0 fully saturated rings. The molecule has 7 nitrogen and oxygen atoms in total. The van der Waals surface area contributed by atoms with Crippen molar-refractivity contribution in [3.8, 4) is 17.2 Å². The highest BCUT2D eigenvalue weighted by atomic mass is 16.5. The quantitative estimate of drug-likeness (QED) is 0.612. The highest BCUT2D eigenvalue weighted by Gasteiger charge is 2.11. The maximum absolute atomic E-state index is 12.1. The fourth-order valence-electron chi connectivity index (χ4n) is 2.18. The van der Waals surface area contributed by atoms with Crippen LogP contribution in [-0.2, 0) is 4.79 Å². The van der Waals surface area contributed by atoms with E-state index in [1.807, 2.05) is 18.2 Å². The molecule has 0 aliphatic heterocycles. The van der Waals surface area contributed by atoms with Gasteiger partial charge in [0.2, 0.25) is 0 Å². The fraction of sp³-hybridized carbons (Fsp3) is 0.158. The molecule has 2 rings (SSSR count). The fourth-order valence-corrected chi connectivity index (χ4v) is 2.18. The standard InChI is InChI=1S/C19H20N2O5/c1-24-15-7-5-4-6-13(15)9-11-18(22)20-21-19(23)14-8-10-16(25-2)17(12-14)26-3/h4-12H,1-3H3,(H,20,22)(H,21,23)/b11-9+. The van der Waals surface area contributed by atoms with E-state index in [0.717, 1.165) is 5.56 Å². The SMILES string of the molecule is COc1ccccc1/C=C/C(=O)NNC(=O)c1ccc(OC)c(OC)c1. The van der Waals surface area contributed by atoms with E-state index in [0.29, 0.717) is 22.8 Å². The van der Waals surface area contributed by atoms with Crippen LogP contribution in [0.5, 0.6) is 17.2 Å². The average molecular weight is 356 g/mol. The Morgan fingerprint density at radius 1 is 0.846 bits per heavy atom. The van der Waals surface area contributed by atoms with E-state index in [1.165, 1.54) is 26.4 Å². The van der Waals surface area contributed by atoms with Crippen molar-refractivity contribution in [3.05, 3.63) is 59.7 Å². The molecule has 0 unspecified atom stereocenters. The molecule has 0 saturated heterocycles. The predicted octanol–water partition coefficient (Wildman–Crippen LogP) is 2.19. The van der Waals surface area contributed by atoms with Gasteiger partial charge in [0, 0.05) is 17.2 Å². The Hall–Kier alpha value is -3.48. The van der Waals surface area contributed by atoms with E-state index in [9.17, 15) is 9.59 Å². The molecule has 0 atom stereocenters. The van der Waals surface area contributed by atoms with Gasteiger partial charge in [0.05, 0.1) is 21.3 Å². The number of carbonyl (C=O) groups is 2. The first kappa shape index (κ1) is 18.9. The van der Waals surface area contributed by atoms with Gasteiger partial charge in [0.15, 0.2) is 11.5 Å². The molecule has 0 bridgehead atoms. The zero-order chi connectivity index (χ0) is 18.9. The Bertz CT molecular complexity index is 817. The summed E-state index contributed by atoms with van der Waals surface area (Å²) in [5.74, 6) is 0.607. The molecular weight excluding hydrogens is 336 g/mol. The highest BCUT2D eigenvalue weighted by Crippen LogP contribution is 2.27. The summed E-state index contributed by atoms with van der Waals surface area (Å²) < 4.78 is 15.5. The topological polar surface area (TPSA) is 85.9 Å². The summed E-state index contributed by atoms with van der Waals surface area (Å²) >= 11 is 0.